The number of nitrogens with zero attached hydrogens (tertiary/aromatic N) is 2. The molecule has 0 fully saturated rings. The zero-order valence-electron chi connectivity index (χ0n) is 18.4. The van der Waals surface area contributed by atoms with E-state index in [4.69, 9.17) is 16.3 Å². The molecule has 0 aromatic heterocycles. The molecule has 2 aromatic carbocycles. The van der Waals surface area contributed by atoms with E-state index in [1.165, 1.54) is 35.0 Å². The molecule has 1 atom stereocenters. The van der Waals surface area contributed by atoms with Gasteiger partial charge in [0, 0.05) is 26.2 Å². The molecule has 0 bridgehead atoms. The summed E-state index contributed by atoms with van der Waals surface area (Å²) in [4.78, 5) is 27.0. The first-order valence-electron chi connectivity index (χ1n) is 10.5. The number of ether oxygens (including phenoxy) is 1. The fraction of sp³-hybridized carbons (Fsp3) is 0.391. The normalized spacial score (nSPS) is 14.7. The summed E-state index contributed by atoms with van der Waals surface area (Å²) >= 11 is 6.12. The van der Waals surface area contributed by atoms with Crippen molar-refractivity contribution in [3.63, 3.8) is 0 Å². The van der Waals surface area contributed by atoms with Gasteiger partial charge in [-0.2, -0.15) is 4.31 Å². The molecule has 0 saturated heterocycles. The van der Waals surface area contributed by atoms with Crippen LogP contribution in [-0.4, -0.2) is 55.2 Å². The van der Waals surface area contributed by atoms with E-state index in [0.29, 0.717) is 13.1 Å². The summed E-state index contributed by atoms with van der Waals surface area (Å²) in [7, 11) is -3.86. The number of amides is 1. The topological polar surface area (TPSA) is 84.0 Å². The Bertz CT molecular complexity index is 1120. The first-order valence-corrected chi connectivity index (χ1v) is 12.4. The number of carbonyl (C=O) groups excluding carboxylic acids is 2. The lowest BCUT2D eigenvalue weighted by Crippen LogP contribution is -2.42. The fourth-order valence-corrected chi connectivity index (χ4v) is 5.71. The molecule has 1 unspecified atom stereocenters. The molecule has 7 nitrogen and oxygen atoms in total. The van der Waals surface area contributed by atoms with Gasteiger partial charge in [-0.1, -0.05) is 49.7 Å². The number of fused-ring (bicyclic) bond motifs is 1. The largest absolute Gasteiger partial charge is 0.449 e. The van der Waals surface area contributed by atoms with Gasteiger partial charge in [-0.25, -0.2) is 13.2 Å². The Labute approximate surface area is 194 Å². The molecule has 1 amide bonds. The van der Waals surface area contributed by atoms with Crippen molar-refractivity contribution in [1.29, 1.82) is 0 Å². The molecule has 0 saturated carbocycles. The average molecular weight is 479 g/mol. The highest BCUT2D eigenvalue weighted by Crippen LogP contribution is 2.26. The standard InChI is InChI=1S/C23H27ClN2O5S/c1-4-26(5-2)32(29,30)21-14-18(10-11-20(21)24)23(28)31-16(3)22(27)25-13-12-17-8-6-7-9-19(17)15-25/h6-11,14,16H,4-5,12-13,15H2,1-3H3. The maximum Gasteiger partial charge on any atom is 0.338 e. The Morgan fingerprint density at radius 3 is 2.44 bits per heavy atom. The van der Waals surface area contributed by atoms with Crippen LogP contribution in [0.2, 0.25) is 5.02 Å². The molecule has 2 aromatic rings. The van der Waals surface area contributed by atoms with Crippen molar-refractivity contribution in [2.75, 3.05) is 19.6 Å². The van der Waals surface area contributed by atoms with Gasteiger partial charge in [0.1, 0.15) is 4.90 Å². The van der Waals surface area contributed by atoms with Crippen molar-refractivity contribution in [2.24, 2.45) is 0 Å². The molecule has 1 aliphatic heterocycles. The number of sulfonamides is 1. The first-order chi connectivity index (χ1) is 15.2. The Morgan fingerprint density at radius 1 is 1.12 bits per heavy atom. The zero-order valence-corrected chi connectivity index (χ0v) is 19.9. The average Bonchev–Trinajstić information content (AvgIpc) is 2.78. The van der Waals surface area contributed by atoms with E-state index >= 15 is 0 Å². The maximum absolute atomic E-state index is 12.9. The van der Waals surface area contributed by atoms with Crippen molar-refractivity contribution < 1.29 is 22.7 Å². The van der Waals surface area contributed by atoms with E-state index in [0.717, 1.165) is 12.0 Å². The summed E-state index contributed by atoms with van der Waals surface area (Å²) in [6, 6.07) is 11.9. The van der Waals surface area contributed by atoms with Crippen molar-refractivity contribution in [3.05, 3.63) is 64.2 Å². The number of hydrogen-bond acceptors (Lipinski definition) is 5. The monoisotopic (exact) mass is 478 g/mol. The van der Waals surface area contributed by atoms with Crippen molar-refractivity contribution in [3.8, 4) is 0 Å². The van der Waals surface area contributed by atoms with Crippen molar-refractivity contribution in [1.82, 2.24) is 9.21 Å². The van der Waals surface area contributed by atoms with Crippen LogP contribution >= 0.6 is 11.6 Å². The van der Waals surface area contributed by atoms with Crippen LogP contribution in [0, 0.1) is 0 Å². The van der Waals surface area contributed by atoms with E-state index in [9.17, 15) is 18.0 Å². The second-order valence-corrected chi connectivity index (χ2v) is 9.87. The highest BCUT2D eigenvalue weighted by molar-refractivity contribution is 7.89. The molecule has 3 rings (SSSR count). The summed E-state index contributed by atoms with van der Waals surface area (Å²) in [6.45, 7) is 6.51. The summed E-state index contributed by atoms with van der Waals surface area (Å²) < 4.78 is 32.3. The summed E-state index contributed by atoms with van der Waals surface area (Å²) in [6.07, 6.45) is -0.266. The second-order valence-electron chi connectivity index (χ2n) is 7.56. The highest BCUT2D eigenvalue weighted by atomic mass is 35.5. The lowest BCUT2D eigenvalue weighted by Gasteiger charge is -2.30. The van der Waals surface area contributed by atoms with E-state index in [-0.39, 0.29) is 34.5 Å². The third kappa shape index (κ3) is 4.98. The van der Waals surface area contributed by atoms with Crippen LogP contribution in [0.15, 0.2) is 47.4 Å². The fourth-order valence-electron chi connectivity index (χ4n) is 3.75. The Kier molecular flexibility index (Phi) is 7.59. The molecular formula is C23H27ClN2O5S. The summed E-state index contributed by atoms with van der Waals surface area (Å²) in [5.41, 5.74) is 2.31. The second kappa shape index (κ2) is 10.0. The van der Waals surface area contributed by atoms with E-state index in [1.54, 1.807) is 18.7 Å². The van der Waals surface area contributed by atoms with Crippen LogP contribution in [0.1, 0.15) is 42.3 Å². The molecule has 0 aliphatic carbocycles. The lowest BCUT2D eigenvalue weighted by molar-refractivity contribution is -0.140. The zero-order chi connectivity index (χ0) is 23.5. The number of esters is 1. The molecule has 172 valence electrons. The first kappa shape index (κ1) is 24.2. The van der Waals surface area contributed by atoms with Crippen LogP contribution in [0.25, 0.3) is 0 Å². The van der Waals surface area contributed by atoms with Gasteiger partial charge in [-0.15, -0.1) is 0 Å². The van der Waals surface area contributed by atoms with E-state index < -0.39 is 22.1 Å². The van der Waals surface area contributed by atoms with Crippen LogP contribution in [-0.2, 0) is 32.5 Å². The van der Waals surface area contributed by atoms with Gasteiger partial charge in [0.25, 0.3) is 5.91 Å². The smallest absolute Gasteiger partial charge is 0.338 e. The van der Waals surface area contributed by atoms with Crippen LogP contribution in [0.5, 0.6) is 0 Å². The Hall–Kier alpha value is -2.42. The van der Waals surface area contributed by atoms with Crippen LogP contribution in [0.3, 0.4) is 0 Å². The predicted octanol–water partition coefficient (Wildman–Crippen LogP) is 3.50. The molecular weight excluding hydrogens is 452 g/mol. The Morgan fingerprint density at radius 2 is 1.78 bits per heavy atom. The third-order valence-corrected chi connectivity index (χ3v) is 8.10. The number of rotatable bonds is 7. The highest BCUT2D eigenvalue weighted by Gasteiger charge is 2.29. The van der Waals surface area contributed by atoms with Crippen LogP contribution < -0.4 is 0 Å². The molecule has 0 spiro atoms. The summed E-state index contributed by atoms with van der Waals surface area (Å²) in [5, 5.41) is 0.0181. The summed E-state index contributed by atoms with van der Waals surface area (Å²) in [5.74, 6) is -1.08. The van der Waals surface area contributed by atoms with Gasteiger partial charge in [-0.3, -0.25) is 4.79 Å². The van der Waals surface area contributed by atoms with E-state index in [1.807, 2.05) is 24.3 Å². The van der Waals surface area contributed by atoms with Gasteiger partial charge < -0.3 is 9.64 Å². The lowest BCUT2D eigenvalue weighted by atomic mass is 9.99. The SMILES string of the molecule is CCN(CC)S(=O)(=O)c1cc(C(=O)OC(C)C(=O)N2CCc3ccccc3C2)ccc1Cl. The minimum atomic E-state index is -3.86. The van der Waals surface area contributed by atoms with Gasteiger partial charge in [0.15, 0.2) is 6.10 Å². The van der Waals surface area contributed by atoms with Crippen LogP contribution in [0.4, 0.5) is 0 Å². The molecule has 1 aliphatic rings. The minimum absolute atomic E-state index is 0.0174. The number of hydrogen-bond donors (Lipinski definition) is 0. The number of benzene rings is 2. The molecule has 9 heteroatoms. The van der Waals surface area contributed by atoms with Crippen molar-refractivity contribution >= 4 is 33.5 Å². The number of halogens is 1. The Balaban J connectivity index is 1.74. The van der Waals surface area contributed by atoms with Gasteiger partial charge in [-0.05, 0) is 42.7 Å². The minimum Gasteiger partial charge on any atom is -0.449 e. The molecule has 1 heterocycles. The molecule has 32 heavy (non-hydrogen) atoms. The van der Waals surface area contributed by atoms with E-state index in [2.05, 4.69) is 0 Å². The quantitative estimate of drug-likeness (QED) is 0.569. The van der Waals surface area contributed by atoms with Gasteiger partial charge >= 0.3 is 5.97 Å². The van der Waals surface area contributed by atoms with Gasteiger partial charge in [0.2, 0.25) is 10.0 Å². The number of carbonyl (C=O) groups is 2. The molecule has 0 radical (unpaired) electrons. The third-order valence-electron chi connectivity index (χ3n) is 5.56. The molecule has 0 N–H and O–H groups in total. The van der Waals surface area contributed by atoms with Gasteiger partial charge in [0.05, 0.1) is 10.6 Å². The maximum atomic E-state index is 12.9. The predicted molar refractivity (Wildman–Crippen MR) is 122 cm³/mol. The van der Waals surface area contributed by atoms with Crippen molar-refractivity contribution in [2.45, 2.75) is 44.7 Å².